The molecule has 2 rings (SSSR count). The normalized spacial score (nSPS) is 39.7. The van der Waals surface area contributed by atoms with Gasteiger partial charge in [0.25, 0.3) is 0 Å². The van der Waals surface area contributed by atoms with E-state index in [1.807, 2.05) is 0 Å². The summed E-state index contributed by atoms with van der Waals surface area (Å²) in [5, 5.41) is 18.4. The van der Waals surface area contributed by atoms with E-state index >= 15 is 0 Å². The van der Waals surface area contributed by atoms with Crippen LogP contribution >= 0.6 is 0 Å². The fourth-order valence-corrected chi connectivity index (χ4v) is 3.31. The summed E-state index contributed by atoms with van der Waals surface area (Å²) >= 11 is 0. The predicted octanol–water partition coefficient (Wildman–Crippen LogP) is 2.22. The van der Waals surface area contributed by atoms with E-state index in [1.54, 1.807) is 0 Å². The molecule has 98 valence electrons. The van der Waals surface area contributed by atoms with Crippen LogP contribution in [-0.2, 0) is 4.74 Å². The Labute approximate surface area is 105 Å². The summed E-state index contributed by atoms with van der Waals surface area (Å²) in [6.07, 6.45) is 8.28. The third-order valence-corrected chi connectivity index (χ3v) is 4.54. The van der Waals surface area contributed by atoms with Crippen LogP contribution in [0, 0.1) is 11.8 Å². The fourth-order valence-electron chi connectivity index (χ4n) is 3.31. The molecule has 0 aromatic rings. The van der Waals surface area contributed by atoms with E-state index in [-0.39, 0.29) is 5.82 Å². The molecule has 1 heterocycles. The second-order valence-electron chi connectivity index (χ2n) is 6.00. The summed E-state index contributed by atoms with van der Waals surface area (Å²) < 4.78 is 6.03. The molecule has 1 saturated heterocycles. The van der Waals surface area contributed by atoms with Crippen LogP contribution in [0.4, 0.5) is 0 Å². The minimum Gasteiger partial charge on any atom is -0.427 e. The average Bonchev–Trinajstić information content (AvgIpc) is 2.54. The molecule has 1 aliphatic heterocycles. The zero-order valence-electron chi connectivity index (χ0n) is 10.8. The van der Waals surface area contributed by atoms with Gasteiger partial charge >= 0.3 is 7.12 Å². The Kier molecular flexibility index (Phi) is 4.89. The van der Waals surface area contributed by atoms with E-state index < -0.39 is 7.12 Å². The molecule has 1 aliphatic carbocycles. The molecule has 3 nitrogen and oxygen atoms in total. The highest BCUT2D eigenvalue weighted by molar-refractivity contribution is 6.43. The van der Waals surface area contributed by atoms with Crippen molar-refractivity contribution < 1.29 is 14.8 Å². The molecular weight excluding hydrogens is 215 g/mol. The maximum Gasteiger partial charge on any atom is 0.454 e. The van der Waals surface area contributed by atoms with Crippen LogP contribution in [0.2, 0.25) is 5.82 Å². The van der Waals surface area contributed by atoms with E-state index in [9.17, 15) is 10.0 Å². The van der Waals surface area contributed by atoms with Crippen LogP contribution in [0.25, 0.3) is 0 Å². The molecule has 1 saturated carbocycles. The van der Waals surface area contributed by atoms with Gasteiger partial charge in [0.2, 0.25) is 0 Å². The smallest absolute Gasteiger partial charge is 0.427 e. The molecule has 17 heavy (non-hydrogen) atoms. The summed E-state index contributed by atoms with van der Waals surface area (Å²) in [4.78, 5) is 0. The highest BCUT2D eigenvalue weighted by atomic mass is 16.5. The van der Waals surface area contributed by atoms with Crippen LogP contribution in [0.15, 0.2) is 0 Å². The molecule has 4 heteroatoms. The first-order valence-electron chi connectivity index (χ1n) is 7.14. The number of hydrogen-bond acceptors (Lipinski definition) is 3. The lowest BCUT2D eigenvalue weighted by molar-refractivity contribution is -0.00645. The second kappa shape index (κ2) is 6.21. The lowest BCUT2D eigenvalue weighted by atomic mass is 9.62. The minimum atomic E-state index is -1.12. The van der Waals surface area contributed by atoms with Gasteiger partial charge in [-0.25, -0.2) is 0 Å². The average molecular weight is 240 g/mol. The monoisotopic (exact) mass is 240 g/mol. The molecule has 0 radical (unpaired) electrons. The van der Waals surface area contributed by atoms with E-state index in [0.717, 1.165) is 32.3 Å². The Hall–Kier alpha value is -0.0551. The Morgan fingerprint density at radius 3 is 2.35 bits per heavy atom. The van der Waals surface area contributed by atoms with Gasteiger partial charge in [0.15, 0.2) is 0 Å². The summed E-state index contributed by atoms with van der Waals surface area (Å²) in [7, 11) is -1.12. The van der Waals surface area contributed by atoms with Crippen LogP contribution < -0.4 is 0 Å². The predicted molar refractivity (Wildman–Crippen MR) is 68.7 cm³/mol. The van der Waals surface area contributed by atoms with Crippen LogP contribution in [-0.4, -0.2) is 29.9 Å². The van der Waals surface area contributed by atoms with Crippen molar-refractivity contribution in [2.75, 3.05) is 6.61 Å². The maximum atomic E-state index is 9.18. The lowest BCUT2D eigenvalue weighted by Gasteiger charge is -2.33. The summed E-state index contributed by atoms with van der Waals surface area (Å²) in [6.45, 7) is 3.18. The van der Waals surface area contributed by atoms with Gasteiger partial charge in [-0.15, -0.1) is 0 Å². The number of ether oxygens (including phenoxy) is 1. The highest BCUT2D eigenvalue weighted by Gasteiger charge is 2.33. The molecule has 2 aliphatic rings. The van der Waals surface area contributed by atoms with Crippen LogP contribution in [0.3, 0.4) is 0 Å². The van der Waals surface area contributed by atoms with E-state index in [2.05, 4.69) is 6.92 Å². The van der Waals surface area contributed by atoms with Crippen molar-refractivity contribution in [2.24, 2.45) is 11.8 Å². The third-order valence-electron chi connectivity index (χ3n) is 4.54. The maximum absolute atomic E-state index is 9.18. The van der Waals surface area contributed by atoms with Crippen LogP contribution in [0.1, 0.15) is 51.9 Å². The topological polar surface area (TPSA) is 49.7 Å². The molecule has 0 aromatic carbocycles. The first-order valence-corrected chi connectivity index (χ1v) is 7.14. The minimum absolute atomic E-state index is 0.0935. The molecule has 0 spiro atoms. The molecule has 2 N–H and O–H groups in total. The van der Waals surface area contributed by atoms with Crippen molar-refractivity contribution in [1.82, 2.24) is 0 Å². The van der Waals surface area contributed by atoms with Gasteiger partial charge in [-0.1, -0.05) is 26.2 Å². The molecule has 0 aromatic heterocycles. The zero-order chi connectivity index (χ0) is 12.3. The van der Waals surface area contributed by atoms with E-state index in [0.29, 0.717) is 17.9 Å². The van der Waals surface area contributed by atoms with Gasteiger partial charge in [-0.2, -0.15) is 0 Å². The molecule has 0 bridgehead atoms. The van der Waals surface area contributed by atoms with Crippen molar-refractivity contribution in [2.45, 2.75) is 63.8 Å². The molecular formula is C13H25BO3. The first kappa shape index (κ1) is 13.4. The van der Waals surface area contributed by atoms with Crippen molar-refractivity contribution >= 4 is 7.12 Å². The van der Waals surface area contributed by atoms with E-state index in [4.69, 9.17) is 4.74 Å². The standard InChI is InChI=1S/C13H25BO3/c1-10-3-2-4-13(17-9-10)11-5-7-12(8-6-11)14(15)16/h10-13,15-16H,2-9H2,1H3. The van der Waals surface area contributed by atoms with Crippen molar-refractivity contribution in [3.8, 4) is 0 Å². The number of hydrogen-bond donors (Lipinski definition) is 2. The van der Waals surface area contributed by atoms with Gasteiger partial charge in [0.1, 0.15) is 0 Å². The number of rotatable bonds is 2. The Bertz CT molecular complexity index is 227. The lowest BCUT2D eigenvalue weighted by Crippen LogP contribution is -2.31. The van der Waals surface area contributed by atoms with Gasteiger partial charge in [0.05, 0.1) is 6.10 Å². The summed E-state index contributed by atoms with van der Waals surface area (Å²) in [6, 6.07) is 0. The fraction of sp³-hybridized carbons (Fsp3) is 1.00. The quantitative estimate of drug-likeness (QED) is 0.727. The van der Waals surface area contributed by atoms with Gasteiger partial charge in [-0.05, 0) is 43.3 Å². The molecule has 2 unspecified atom stereocenters. The summed E-state index contributed by atoms with van der Waals surface area (Å²) in [5.74, 6) is 1.45. The zero-order valence-corrected chi connectivity index (χ0v) is 10.8. The molecule has 2 fully saturated rings. The Morgan fingerprint density at radius 2 is 1.71 bits per heavy atom. The van der Waals surface area contributed by atoms with E-state index in [1.165, 1.54) is 19.3 Å². The first-order chi connectivity index (χ1) is 8.16. The molecule has 0 amide bonds. The SMILES string of the molecule is CC1CCCC(C2CCC(B(O)O)CC2)OC1. The van der Waals surface area contributed by atoms with Crippen molar-refractivity contribution in [3.63, 3.8) is 0 Å². The van der Waals surface area contributed by atoms with Gasteiger partial charge in [-0.3, -0.25) is 0 Å². The van der Waals surface area contributed by atoms with Gasteiger partial charge in [0, 0.05) is 6.61 Å². The van der Waals surface area contributed by atoms with Gasteiger partial charge < -0.3 is 14.8 Å². The van der Waals surface area contributed by atoms with Crippen molar-refractivity contribution in [3.05, 3.63) is 0 Å². The Balaban J connectivity index is 1.79. The third kappa shape index (κ3) is 3.70. The largest absolute Gasteiger partial charge is 0.454 e. The van der Waals surface area contributed by atoms with Crippen molar-refractivity contribution in [1.29, 1.82) is 0 Å². The summed E-state index contributed by atoms with van der Waals surface area (Å²) in [5.41, 5.74) is 0. The Morgan fingerprint density at radius 1 is 1.00 bits per heavy atom. The molecule has 2 atom stereocenters. The highest BCUT2D eigenvalue weighted by Crippen LogP contribution is 2.38. The second-order valence-corrected chi connectivity index (χ2v) is 6.00. The van der Waals surface area contributed by atoms with Crippen LogP contribution in [0.5, 0.6) is 0 Å².